The van der Waals surface area contributed by atoms with Crippen LogP contribution in [0.1, 0.15) is 41.6 Å². The lowest BCUT2D eigenvalue weighted by atomic mass is 10.1. The highest BCUT2D eigenvalue weighted by Gasteiger charge is 2.31. The van der Waals surface area contributed by atoms with Gasteiger partial charge in [0.05, 0.1) is 19.1 Å². The highest BCUT2D eigenvalue weighted by Crippen LogP contribution is 2.34. The van der Waals surface area contributed by atoms with E-state index in [-0.39, 0.29) is 24.1 Å². The third-order valence-corrected chi connectivity index (χ3v) is 6.59. The van der Waals surface area contributed by atoms with E-state index in [0.29, 0.717) is 45.7 Å². The average molecular weight is 514 g/mol. The van der Waals surface area contributed by atoms with E-state index >= 15 is 0 Å². The van der Waals surface area contributed by atoms with E-state index in [1.54, 1.807) is 61.6 Å². The van der Waals surface area contributed by atoms with Crippen LogP contribution >= 0.6 is 24.0 Å². The smallest absolute Gasteiger partial charge is 0.269 e. The lowest BCUT2D eigenvalue weighted by Gasteiger charge is -2.14. The van der Waals surface area contributed by atoms with Crippen LogP contribution in [-0.2, 0) is 9.59 Å². The maximum atomic E-state index is 12.8. The molecule has 0 atom stereocenters. The van der Waals surface area contributed by atoms with Crippen molar-refractivity contribution in [3.63, 3.8) is 0 Å². The number of carbonyl (C=O) groups is 3. The predicted molar refractivity (Wildman–Crippen MR) is 140 cm³/mol. The summed E-state index contributed by atoms with van der Waals surface area (Å²) in [5.74, 6) is 0.438. The number of amides is 3. The van der Waals surface area contributed by atoms with Gasteiger partial charge < -0.3 is 9.47 Å². The van der Waals surface area contributed by atoms with Crippen molar-refractivity contribution in [1.82, 2.24) is 15.8 Å². The Morgan fingerprint density at radius 2 is 1.74 bits per heavy atom. The minimum Gasteiger partial charge on any atom is -0.493 e. The van der Waals surface area contributed by atoms with E-state index in [0.717, 1.165) is 12.0 Å². The third-order valence-electron chi connectivity index (χ3n) is 5.22. The molecule has 10 heteroatoms. The zero-order valence-electron chi connectivity index (χ0n) is 19.5. The van der Waals surface area contributed by atoms with Gasteiger partial charge in [-0.05, 0) is 48.7 Å². The van der Waals surface area contributed by atoms with Gasteiger partial charge in [0.1, 0.15) is 4.32 Å². The van der Waals surface area contributed by atoms with Crippen molar-refractivity contribution in [3.8, 4) is 11.5 Å². The topological polar surface area (TPSA) is 97.0 Å². The largest absolute Gasteiger partial charge is 0.493 e. The van der Waals surface area contributed by atoms with Gasteiger partial charge in [0.2, 0.25) is 5.91 Å². The summed E-state index contributed by atoms with van der Waals surface area (Å²) < 4.78 is 11.1. The van der Waals surface area contributed by atoms with Crippen molar-refractivity contribution >= 4 is 52.1 Å². The van der Waals surface area contributed by atoms with Gasteiger partial charge in [0.25, 0.3) is 11.8 Å². The summed E-state index contributed by atoms with van der Waals surface area (Å²) in [7, 11) is 3.13. The molecule has 35 heavy (non-hydrogen) atoms. The first-order valence-electron chi connectivity index (χ1n) is 11.0. The number of benzene rings is 2. The summed E-state index contributed by atoms with van der Waals surface area (Å²) in [6.45, 7) is 0.486. The Bertz CT molecular complexity index is 1120. The first-order valence-corrected chi connectivity index (χ1v) is 12.3. The van der Waals surface area contributed by atoms with E-state index in [1.807, 2.05) is 12.1 Å². The summed E-state index contributed by atoms with van der Waals surface area (Å²) in [5, 5.41) is 0. The Morgan fingerprint density at radius 1 is 1.00 bits per heavy atom. The monoisotopic (exact) mass is 513 g/mol. The van der Waals surface area contributed by atoms with Crippen LogP contribution in [0.4, 0.5) is 0 Å². The molecule has 1 heterocycles. The summed E-state index contributed by atoms with van der Waals surface area (Å²) in [4.78, 5) is 38.9. The highest BCUT2D eigenvalue weighted by molar-refractivity contribution is 8.26. The number of thioether (sulfide) groups is 1. The van der Waals surface area contributed by atoms with Gasteiger partial charge in [-0.15, -0.1) is 0 Å². The zero-order chi connectivity index (χ0) is 25.2. The second-order valence-corrected chi connectivity index (χ2v) is 9.30. The van der Waals surface area contributed by atoms with Crippen molar-refractivity contribution in [1.29, 1.82) is 0 Å². The molecule has 2 N–H and O–H groups in total. The number of hydrogen-bond donors (Lipinski definition) is 2. The Balaban J connectivity index is 1.40. The number of nitrogens with one attached hydrogen (secondary N) is 2. The molecule has 1 aliphatic heterocycles. The van der Waals surface area contributed by atoms with Crippen LogP contribution in [0.2, 0.25) is 0 Å². The molecule has 0 radical (unpaired) electrons. The lowest BCUT2D eigenvalue weighted by Crippen LogP contribution is -2.41. The highest BCUT2D eigenvalue weighted by atomic mass is 32.2. The minimum atomic E-state index is -0.366. The van der Waals surface area contributed by atoms with Gasteiger partial charge in [-0.1, -0.05) is 54.7 Å². The van der Waals surface area contributed by atoms with Crippen LogP contribution in [0, 0.1) is 0 Å². The van der Waals surface area contributed by atoms with Crippen LogP contribution < -0.4 is 20.3 Å². The Labute approximate surface area is 214 Å². The van der Waals surface area contributed by atoms with Crippen molar-refractivity contribution in [2.75, 3.05) is 20.8 Å². The number of hydrazine groups is 1. The van der Waals surface area contributed by atoms with E-state index in [4.69, 9.17) is 21.7 Å². The lowest BCUT2D eigenvalue weighted by molar-refractivity contribution is -0.123. The van der Waals surface area contributed by atoms with Gasteiger partial charge in [0.15, 0.2) is 11.5 Å². The number of unbranched alkanes of at least 4 members (excludes halogenated alkanes) is 2. The van der Waals surface area contributed by atoms with Gasteiger partial charge in [0, 0.05) is 18.5 Å². The zero-order valence-corrected chi connectivity index (χ0v) is 21.2. The van der Waals surface area contributed by atoms with Crippen LogP contribution in [0.5, 0.6) is 11.5 Å². The van der Waals surface area contributed by atoms with E-state index in [2.05, 4.69) is 10.9 Å². The van der Waals surface area contributed by atoms with E-state index < -0.39 is 0 Å². The van der Waals surface area contributed by atoms with Gasteiger partial charge in [-0.25, -0.2) is 0 Å². The fourth-order valence-electron chi connectivity index (χ4n) is 3.37. The second-order valence-electron chi connectivity index (χ2n) is 7.63. The Kier molecular flexibility index (Phi) is 9.68. The molecule has 0 bridgehead atoms. The van der Waals surface area contributed by atoms with E-state index in [1.165, 1.54) is 11.8 Å². The fourth-order valence-corrected chi connectivity index (χ4v) is 4.68. The number of ether oxygens (including phenoxy) is 2. The van der Waals surface area contributed by atoms with Crippen LogP contribution in [0.3, 0.4) is 0 Å². The molecule has 2 aromatic rings. The van der Waals surface area contributed by atoms with Crippen molar-refractivity contribution < 1.29 is 23.9 Å². The first-order chi connectivity index (χ1) is 16.9. The van der Waals surface area contributed by atoms with Crippen LogP contribution in [-0.4, -0.2) is 47.7 Å². The first kappa shape index (κ1) is 26.2. The fraction of sp³-hybridized carbons (Fsp3) is 0.280. The molecule has 0 unspecified atom stereocenters. The number of hydrogen-bond acceptors (Lipinski definition) is 7. The maximum Gasteiger partial charge on any atom is 0.269 e. The van der Waals surface area contributed by atoms with Gasteiger partial charge in [-0.3, -0.25) is 30.1 Å². The van der Waals surface area contributed by atoms with Gasteiger partial charge >= 0.3 is 0 Å². The summed E-state index contributed by atoms with van der Waals surface area (Å²) >= 11 is 6.66. The SMILES string of the molecule is COc1ccc(C=C2SC(=S)N(CCCCCC(=O)NNC(=O)c3ccccc3)C2=O)cc1OC. The van der Waals surface area contributed by atoms with Gasteiger partial charge in [-0.2, -0.15) is 0 Å². The quantitative estimate of drug-likeness (QED) is 0.215. The molecule has 0 spiro atoms. The standard InChI is InChI=1S/C25H27N3O5S2/c1-32-19-13-12-17(15-20(19)33-2)16-21-24(31)28(25(34)35-21)14-8-4-7-11-22(29)26-27-23(30)18-9-5-3-6-10-18/h3,5-6,9-10,12-13,15-16H,4,7-8,11,14H2,1-2H3,(H,26,29)(H,27,30). The molecule has 3 rings (SSSR count). The summed E-state index contributed by atoms with van der Waals surface area (Å²) in [5.41, 5.74) is 6.10. The second kappa shape index (κ2) is 12.9. The van der Waals surface area contributed by atoms with Crippen LogP contribution in [0.15, 0.2) is 53.4 Å². The van der Waals surface area contributed by atoms with E-state index in [9.17, 15) is 14.4 Å². The molecule has 1 saturated heterocycles. The van der Waals surface area contributed by atoms with Crippen molar-refractivity contribution in [2.45, 2.75) is 25.7 Å². The molecule has 1 fully saturated rings. The molecule has 2 aromatic carbocycles. The number of methoxy groups -OCH3 is 2. The number of nitrogens with zero attached hydrogens (tertiary/aromatic N) is 1. The number of thiocarbonyl (C=S) groups is 1. The Hall–Kier alpha value is -3.37. The molecule has 0 saturated carbocycles. The molecule has 0 aromatic heterocycles. The number of carbonyl (C=O) groups excluding carboxylic acids is 3. The molecular weight excluding hydrogens is 486 g/mol. The summed E-state index contributed by atoms with van der Waals surface area (Å²) in [6, 6.07) is 14.1. The molecule has 184 valence electrons. The summed E-state index contributed by atoms with van der Waals surface area (Å²) in [6.07, 6.45) is 4.14. The van der Waals surface area contributed by atoms with Crippen molar-refractivity contribution in [2.24, 2.45) is 0 Å². The molecule has 8 nitrogen and oxygen atoms in total. The Morgan fingerprint density at radius 3 is 2.46 bits per heavy atom. The van der Waals surface area contributed by atoms with Crippen molar-refractivity contribution in [3.05, 3.63) is 64.6 Å². The maximum absolute atomic E-state index is 12.8. The van der Waals surface area contributed by atoms with Crippen LogP contribution in [0.25, 0.3) is 6.08 Å². The normalized spacial score (nSPS) is 14.2. The minimum absolute atomic E-state index is 0.129. The molecule has 3 amide bonds. The molecule has 0 aliphatic carbocycles. The molecule has 1 aliphatic rings. The average Bonchev–Trinajstić information content (AvgIpc) is 3.14. The number of rotatable bonds is 10. The molecular formula is C25H27N3O5S2. The predicted octanol–water partition coefficient (Wildman–Crippen LogP) is 3.93. The third kappa shape index (κ3) is 7.30.